The number of piperidine rings is 1. The van der Waals surface area contributed by atoms with Crippen molar-refractivity contribution in [3.05, 3.63) is 60.2 Å². The number of carboxylic acid groups (broad SMARTS) is 1. The molecule has 0 aliphatic carbocycles. The summed E-state index contributed by atoms with van der Waals surface area (Å²) in [5.41, 5.74) is 0.543. The number of hydrogen-bond acceptors (Lipinski definition) is 8. The molecule has 3 heterocycles. The molecule has 2 amide bonds. The van der Waals surface area contributed by atoms with E-state index in [4.69, 9.17) is 9.47 Å². The van der Waals surface area contributed by atoms with E-state index in [-0.39, 0.29) is 29.8 Å². The second kappa shape index (κ2) is 11.9. The van der Waals surface area contributed by atoms with Gasteiger partial charge in [0.1, 0.15) is 5.60 Å². The van der Waals surface area contributed by atoms with Crippen molar-refractivity contribution in [1.29, 1.82) is 0 Å². The molecule has 1 saturated heterocycles. The number of anilines is 1. The Hall–Kier alpha value is -4.48. The van der Waals surface area contributed by atoms with Gasteiger partial charge in [0.25, 0.3) is 0 Å². The third kappa shape index (κ3) is 7.53. The monoisotopic (exact) mass is 538 g/mol. The molecule has 3 N–H and O–H groups in total. The molecule has 0 unspecified atom stereocenters. The van der Waals surface area contributed by atoms with Crippen LogP contribution in [0.2, 0.25) is 0 Å². The van der Waals surface area contributed by atoms with E-state index in [2.05, 4.69) is 25.6 Å². The van der Waals surface area contributed by atoms with Crippen molar-refractivity contribution in [3.8, 4) is 22.9 Å². The van der Waals surface area contributed by atoms with Crippen molar-refractivity contribution in [2.24, 2.45) is 0 Å². The molecule has 0 bridgehead atoms. The molecule has 206 valence electrons. The zero-order chi connectivity index (χ0) is 28.0. The minimum absolute atomic E-state index is 0.0678. The summed E-state index contributed by atoms with van der Waals surface area (Å²) >= 11 is 0. The van der Waals surface area contributed by atoms with Crippen LogP contribution in [0, 0.1) is 5.82 Å². The van der Waals surface area contributed by atoms with Crippen LogP contribution in [-0.4, -0.2) is 61.9 Å². The highest BCUT2D eigenvalue weighted by atomic mass is 19.1. The number of pyridine rings is 1. The molecule has 11 nitrogen and oxygen atoms in total. The first-order chi connectivity index (χ1) is 18.6. The zero-order valence-electron chi connectivity index (χ0n) is 22.0. The molecule has 0 saturated carbocycles. The molecule has 1 atom stereocenters. The molecular formula is C27H31FN6O5. The number of nitrogens with one attached hydrogen (secondary N) is 2. The number of rotatable bonds is 7. The maximum atomic E-state index is 15.3. The van der Waals surface area contributed by atoms with Crippen molar-refractivity contribution in [3.63, 3.8) is 0 Å². The number of ether oxygens (including phenoxy) is 2. The van der Waals surface area contributed by atoms with Gasteiger partial charge in [-0.05, 0) is 57.9 Å². The lowest BCUT2D eigenvalue weighted by atomic mass is 10.1. The average molecular weight is 539 g/mol. The SMILES string of the molecule is CC(C)(C)OC(=O)NCc1cccc(Oc2ncccc2-c2ccnc(N[C@H]3CCCN(C(=O)O)C3)n2)c1F. The summed E-state index contributed by atoms with van der Waals surface area (Å²) in [5, 5.41) is 15.0. The number of alkyl carbamates (subject to hydrolysis) is 1. The molecule has 1 aliphatic heterocycles. The van der Waals surface area contributed by atoms with Gasteiger partial charge >= 0.3 is 12.2 Å². The normalized spacial score (nSPS) is 15.4. The lowest BCUT2D eigenvalue weighted by Gasteiger charge is -2.31. The highest BCUT2D eigenvalue weighted by Gasteiger charge is 2.24. The summed E-state index contributed by atoms with van der Waals surface area (Å²) in [6.45, 7) is 5.97. The second-order valence-electron chi connectivity index (χ2n) is 10.0. The van der Waals surface area contributed by atoms with Gasteiger partial charge in [-0.25, -0.2) is 28.9 Å². The predicted molar refractivity (Wildman–Crippen MR) is 141 cm³/mol. The second-order valence-corrected chi connectivity index (χ2v) is 10.0. The third-order valence-electron chi connectivity index (χ3n) is 5.80. The summed E-state index contributed by atoms with van der Waals surface area (Å²) in [5.74, 6) is -0.244. The van der Waals surface area contributed by atoms with Crippen LogP contribution >= 0.6 is 0 Å². The van der Waals surface area contributed by atoms with Gasteiger partial charge < -0.3 is 30.1 Å². The highest BCUT2D eigenvalue weighted by molar-refractivity contribution is 5.68. The van der Waals surface area contributed by atoms with Crippen LogP contribution in [0.3, 0.4) is 0 Å². The molecule has 1 aliphatic rings. The van der Waals surface area contributed by atoms with Crippen LogP contribution in [0.1, 0.15) is 39.2 Å². The van der Waals surface area contributed by atoms with E-state index in [1.54, 1.807) is 51.2 Å². The van der Waals surface area contributed by atoms with Gasteiger partial charge in [-0.2, -0.15) is 0 Å². The number of amides is 2. The summed E-state index contributed by atoms with van der Waals surface area (Å²) in [6, 6.07) is 9.63. The number of hydrogen-bond donors (Lipinski definition) is 3. The van der Waals surface area contributed by atoms with Crippen LogP contribution in [0.15, 0.2) is 48.8 Å². The molecule has 12 heteroatoms. The van der Waals surface area contributed by atoms with Crippen LogP contribution in [0.5, 0.6) is 11.6 Å². The molecule has 1 fully saturated rings. The molecule has 4 rings (SSSR count). The number of halogens is 1. The molecule has 0 radical (unpaired) electrons. The Labute approximate surface area is 225 Å². The fraction of sp³-hybridized carbons (Fsp3) is 0.370. The molecule has 1 aromatic carbocycles. The molecule has 0 spiro atoms. The Balaban J connectivity index is 1.49. The van der Waals surface area contributed by atoms with Crippen LogP contribution in [0.25, 0.3) is 11.3 Å². The first-order valence-corrected chi connectivity index (χ1v) is 12.5. The van der Waals surface area contributed by atoms with Gasteiger partial charge in [0.2, 0.25) is 11.8 Å². The Morgan fingerprint density at radius 2 is 1.97 bits per heavy atom. The molecule has 3 aromatic rings. The maximum absolute atomic E-state index is 15.3. The van der Waals surface area contributed by atoms with Gasteiger partial charge in [0, 0.05) is 43.6 Å². The average Bonchev–Trinajstić information content (AvgIpc) is 2.89. The largest absolute Gasteiger partial charge is 0.465 e. The lowest BCUT2D eigenvalue weighted by molar-refractivity contribution is 0.0523. The van der Waals surface area contributed by atoms with Crippen molar-refractivity contribution in [2.75, 3.05) is 18.4 Å². The lowest BCUT2D eigenvalue weighted by Crippen LogP contribution is -2.44. The smallest absolute Gasteiger partial charge is 0.407 e. The minimum atomic E-state index is -0.953. The van der Waals surface area contributed by atoms with Crippen molar-refractivity contribution >= 4 is 18.1 Å². The Morgan fingerprint density at radius 3 is 2.74 bits per heavy atom. The van der Waals surface area contributed by atoms with Gasteiger partial charge in [-0.3, -0.25) is 0 Å². The fourth-order valence-electron chi connectivity index (χ4n) is 4.05. The minimum Gasteiger partial charge on any atom is -0.465 e. The Kier molecular flexibility index (Phi) is 8.43. The number of likely N-dealkylation sites (tertiary alicyclic amines) is 1. The summed E-state index contributed by atoms with van der Waals surface area (Å²) in [7, 11) is 0. The van der Waals surface area contributed by atoms with Crippen LogP contribution < -0.4 is 15.4 Å². The van der Waals surface area contributed by atoms with Gasteiger partial charge in [-0.1, -0.05) is 12.1 Å². The first kappa shape index (κ1) is 27.6. The first-order valence-electron chi connectivity index (χ1n) is 12.5. The molecule has 39 heavy (non-hydrogen) atoms. The van der Waals surface area contributed by atoms with Gasteiger partial charge in [0.05, 0.1) is 11.3 Å². The van der Waals surface area contributed by atoms with E-state index in [1.165, 1.54) is 23.2 Å². The number of carbonyl (C=O) groups excluding carboxylic acids is 1. The van der Waals surface area contributed by atoms with Crippen LogP contribution in [0.4, 0.5) is 19.9 Å². The third-order valence-corrected chi connectivity index (χ3v) is 5.80. The summed E-state index contributed by atoms with van der Waals surface area (Å²) < 4.78 is 26.3. The standard InChI is InChI=1S/C27H31FN6O5/c1-27(2,3)39-25(35)31-15-17-7-4-10-21(22(17)28)38-23-19(9-5-12-29-23)20-11-13-30-24(33-20)32-18-8-6-14-34(16-18)26(36)37/h4-5,7,9-13,18H,6,8,14-16H2,1-3H3,(H,31,35)(H,36,37)(H,30,32,33)/t18-/m0/s1. The van der Waals surface area contributed by atoms with Crippen molar-refractivity contribution < 1.29 is 28.6 Å². The molecule has 2 aromatic heterocycles. The zero-order valence-corrected chi connectivity index (χ0v) is 22.0. The molecular weight excluding hydrogens is 507 g/mol. The van der Waals surface area contributed by atoms with E-state index < -0.39 is 23.6 Å². The predicted octanol–water partition coefficient (Wildman–Crippen LogP) is 5.05. The number of nitrogens with zero attached hydrogens (tertiary/aromatic N) is 4. The summed E-state index contributed by atoms with van der Waals surface area (Å²) in [6.07, 6.45) is 3.01. The Bertz CT molecular complexity index is 1330. The van der Waals surface area contributed by atoms with E-state index in [9.17, 15) is 14.7 Å². The fourth-order valence-corrected chi connectivity index (χ4v) is 4.05. The van der Waals surface area contributed by atoms with E-state index in [1.807, 2.05) is 0 Å². The topological polar surface area (TPSA) is 139 Å². The highest BCUT2D eigenvalue weighted by Crippen LogP contribution is 2.32. The Morgan fingerprint density at radius 1 is 1.15 bits per heavy atom. The maximum Gasteiger partial charge on any atom is 0.407 e. The number of benzene rings is 1. The van der Waals surface area contributed by atoms with E-state index in [0.29, 0.717) is 30.3 Å². The van der Waals surface area contributed by atoms with Crippen LogP contribution in [-0.2, 0) is 11.3 Å². The number of carbonyl (C=O) groups is 2. The van der Waals surface area contributed by atoms with Gasteiger partial charge in [-0.15, -0.1) is 0 Å². The van der Waals surface area contributed by atoms with E-state index >= 15 is 4.39 Å². The quantitative estimate of drug-likeness (QED) is 0.377. The number of aromatic nitrogens is 3. The van der Waals surface area contributed by atoms with Crippen molar-refractivity contribution in [2.45, 2.75) is 51.8 Å². The van der Waals surface area contributed by atoms with Crippen molar-refractivity contribution in [1.82, 2.24) is 25.2 Å². The van der Waals surface area contributed by atoms with Gasteiger partial charge in [0.15, 0.2) is 11.6 Å². The van der Waals surface area contributed by atoms with E-state index in [0.717, 1.165) is 12.8 Å². The summed E-state index contributed by atoms with van der Waals surface area (Å²) in [4.78, 5) is 37.8.